The molecule has 93 heavy (non-hydrogen) atoms. The van der Waals surface area contributed by atoms with Crippen LogP contribution in [0.2, 0.25) is 0 Å². The van der Waals surface area contributed by atoms with Crippen molar-refractivity contribution < 1.29 is 193 Å². The molecule has 8 saturated heterocycles. The largest absolute Gasteiger partial charge is 0.394 e. The number of hydrogen-bond donors (Lipinski definition) is 25. The molecule has 8 aliphatic rings. The highest BCUT2D eigenvalue weighted by Gasteiger charge is 2.68. The molecule has 8 heterocycles. The van der Waals surface area contributed by atoms with Crippen LogP contribution in [0.4, 0.5) is 0 Å². The Hall–Kier alpha value is -2.54. The van der Waals surface area contributed by atoms with Gasteiger partial charge in [0.15, 0.2) is 49.6 Å². The van der Waals surface area contributed by atoms with Gasteiger partial charge >= 0.3 is 0 Å². The zero-order valence-electron chi connectivity index (χ0n) is 50.1. The molecule has 0 aliphatic carbocycles. The second kappa shape index (κ2) is 31.8. The lowest BCUT2D eigenvalue weighted by Crippen LogP contribution is -2.80. The van der Waals surface area contributed by atoms with E-state index in [0.717, 1.165) is 13.8 Å². The van der Waals surface area contributed by atoms with Crippen LogP contribution >= 0.6 is 0 Å². The molecular formula is C52H88N2O39. The summed E-state index contributed by atoms with van der Waals surface area (Å²) >= 11 is 0. The van der Waals surface area contributed by atoms with E-state index in [-0.39, 0.29) is 0 Å². The molecule has 8 aliphatic heterocycles. The Morgan fingerprint density at radius 2 is 0.710 bits per heavy atom. The van der Waals surface area contributed by atoms with Crippen molar-refractivity contribution in [2.45, 2.75) is 273 Å². The lowest BCUT2D eigenvalue weighted by molar-refractivity contribution is -0.403. The third-order valence-corrected chi connectivity index (χ3v) is 17.8. The third-order valence-electron chi connectivity index (χ3n) is 17.8. The Morgan fingerprint density at radius 1 is 0.355 bits per heavy atom. The Kier molecular flexibility index (Phi) is 26.0. The Bertz CT molecular complexity index is 2380. The molecular weight excluding hydrogens is 1280 g/mol. The fourth-order valence-electron chi connectivity index (χ4n) is 12.5. The molecule has 8 rings (SSSR count). The minimum absolute atomic E-state index is 0.866. The summed E-state index contributed by atoms with van der Waals surface area (Å²) in [5.41, 5.74) is -3.62. The van der Waals surface area contributed by atoms with Gasteiger partial charge in [-0.15, -0.1) is 0 Å². The molecule has 1 unspecified atom stereocenters. The van der Waals surface area contributed by atoms with E-state index >= 15 is 0 Å². The van der Waals surface area contributed by atoms with E-state index in [1.54, 1.807) is 0 Å². The van der Waals surface area contributed by atoms with Gasteiger partial charge in [0.25, 0.3) is 0 Å². The molecule has 0 aromatic heterocycles. The standard InChI is InChI=1S/C52H88N2O39/c1-11-23(62)27(66)33(72)47(81-11)90-38-18(8-58)83-44(21(53-13(3)60)40(38)92-50-36(75)30(69)26(65)16(6-56)86-50)52(79)42(76)20(88-51(43(52)77)89-37-17(7-57)84-45(78)32(71)31(37)70)10-80-46-22(54-14(4)61)41(93-48-34(73)28(67)24(63)12(2)82-48)39(19(9-59)87-46)91-49-35(74)29(68)25(64)15(5-55)85-49/h11-12,15-51,55-59,62-79H,5-10H2,1-4H3,(H,53,60)(H,54,61)/t11-,12-,15+,16+,17+,18+,19+,20+,21+,22+,23+,24+,25-,26-,27+,28+,29-,30-,31+,32+,33-,34-,35+,36+,37+,38+,39+,40+,41+,42-,43-,44+,45?,46+,47-,48-,49-,50-,51-,52-/m0/s1. The van der Waals surface area contributed by atoms with E-state index in [1.165, 1.54) is 13.8 Å². The molecule has 0 bridgehead atoms. The van der Waals surface area contributed by atoms with Crippen molar-refractivity contribution in [2.75, 3.05) is 39.6 Å². The molecule has 2 amide bonds. The molecule has 540 valence electrons. The Labute approximate surface area is 527 Å². The summed E-state index contributed by atoms with van der Waals surface area (Å²) < 4.78 is 82.9. The lowest BCUT2D eigenvalue weighted by Gasteiger charge is -2.57. The smallest absolute Gasteiger partial charge is 0.217 e. The Morgan fingerprint density at radius 3 is 1.15 bits per heavy atom. The van der Waals surface area contributed by atoms with Crippen LogP contribution in [0.5, 0.6) is 0 Å². The minimum atomic E-state index is -3.62. The van der Waals surface area contributed by atoms with Crippen molar-refractivity contribution >= 4 is 11.8 Å². The van der Waals surface area contributed by atoms with E-state index in [1.807, 2.05) is 0 Å². The molecule has 0 spiro atoms. The van der Waals surface area contributed by atoms with Crippen LogP contribution in [0.15, 0.2) is 0 Å². The molecule has 0 radical (unpaired) electrons. The van der Waals surface area contributed by atoms with E-state index in [4.69, 9.17) is 66.3 Å². The second-order valence-corrected chi connectivity index (χ2v) is 24.1. The fourth-order valence-corrected chi connectivity index (χ4v) is 12.5. The Balaban J connectivity index is 1.22. The highest BCUT2D eigenvalue weighted by atomic mass is 16.8. The molecule has 41 nitrogen and oxygen atoms in total. The summed E-state index contributed by atoms with van der Waals surface area (Å²) in [5, 5.41) is 259. The molecule has 8 fully saturated rings. The van der Waals surface area contributed by atoms with Gasteiger partial charge in [-0.05, 0) is 13.8 Å². The van der Waals surface area contributed by atoms with Crippen LogP contribution in [-0.2, 0) is 75.9 Å². The first-order chi connectivity index (χ1) is 43.8. The summed E-state index contributed by atoms with van der Waals surface area (Å²) in [6.45, 7) is -2.57. The van der Waals surface area contributed by atoms with Gasteiger partial charge in [-0.2, -0.15) is 0 Å². The predicted molar refractivity (Wildman–Crippen MR) is 285 cm³/mol. The first kappa shape index (κ1) is 76.2. The SMILES string of the molecule is CC(=O)N[C@@H]1[C@@H](O[C@@H]2O[C@H](CO)[C@H](O)[C@H](O)[C@H]2O)[C@H](O[C@@H]2O[C@@H](C)[C@@H](O)[C@@H](O)[C@@H]2O)[C@@H](CO)O[C@H]1[C@@]1(O)[C@@H](O)[C@H](O[C@H]2[C@H](O)[C@@H](O)C(O)O[C@@H]2CO)O[C@H](CO[C@@H]2O[C@H](CO)[C@@H](O[C@@H]3O[C@H](CO)[C@H](O)[C@H](O)[C@H]3O)[C@H](O[C@@H]3O[C@@H](C)[C@@H](O)[C@@H](O)[C@@H]3O)[C@H]2NC(C)=O)[C@@H]1O. The number of ether oxygens (including phenoxy) is 14. The second-order valence-electron chi connectivity index (χ2n) is 24.1. The molecule has 41 heteroatoms. The number of aliphatic hydroxyl groups excluding tert-OH is 22. The van der Waals surface area contributed by atoms with Crippen molar-refractivity contribution in [3.05, 3.63) is 0 Å². The van der Waals surface area contributed by atoms with Crippen LogP contribution < -0.4 is 10.6 Å². The molecule has 0 aromatic rings. The summed E-state index contributed by atoms with van der Waals surface area (Å²) in [6.07, 6.45) is -77.1. The molecule has 0 saturated carbocycles. The third kappa shape index (κ3) is 15.4. The van der Waals surface area contributed by atoms with Gasteiger partial charge in [0.05, 0.1) is 57.9 Å². The number of carbonyl (C=O) groups excluding carboxylic acids is 2. The number of aliphatic hydroxyl groups is 23. The topological polar surface area (TPSA) is 653 Å². The number of carbonyl (C=O) groups is 2. The van der Waals surface area contributed by atoms with E-state index in [9.17, 15) is 127 Å². The van der Waals surface area contributed by atoms with Gasteiger partial charge in [-0.25, -0.2) is 0 Å². The van der Waals surface area contributed by atoms with Crippen LogP contribution in [0.25, 0.3) is 0 Å². The van der Waals surface area contributed by atoms with Gasteiger partial charge in [0.2, 0.25) is 11.8 Å². The first-order valence-corrected chi connectivity index (χ1v) is 29.8. The van der Waals surface area contributed by atoms with E-state index in [2.05, 4.69) is 10.6 Å². The predicted octanol–water partition coefficient (Wildman–Crippen LogP) is -16.7. The summed E-state index contributed by atoms with van der Waals surface area (Å²) in [4.78, 5) is 26.8. The summed E-state index contributed by atoms with van der Waals surface area (Å²) in [5.74, 6) is -2.06. The zero-order valence-corrected chi connectivity index (χ0v) is 50.1. The highest BCUT2D eigenvalue weighted by molar-refractivity contribution is 5.73. The quantitative estimate of drug-likeness (QED) is 0.0507. The van der Waals surface area contributed by atoms with Gasteiger partial charge < -0.3 is 194 Å². The number of rotatable bonds is 21. The van der Waals surface area contributed by atoms with Gasteiger partial charge in [0.1, 0.15) is 177 Å². The molecule has 40 atom stereocenters. The fraction of sp³-hybridized carbons (Fsp3) is 0.962. The van der Waals surface area contributed by atoms with Crippen LogP contribution in [-0.4, -0.2) is 414 Å². The van der Waals surface area contributed by atoms with Gasteiger partial charge in [-0.3, -0.25) is 9.59 Å². The molecule has 0 aromatic carbocycles. The van der Waals surface area contributed by atoms with E-state index in [0.29, 0.717) is 0 Å². The van der Waals surface area contributed by atoms with Gasteiger partial charge in [-0.1, -0.05) is 0 Å². The normalized spacial score (nSPS) is 52.4. The van der Waals surface area contributed by atoms with Crippen molar-refractivity contribution in [3.63, 3.8) is 0 Å². The average Bonchev–Trinajstić information content (AvgIpc) is 0.724. The van der Waals surface area contributed by atoms with Crippen molar-refractivity contribution in [1.29, 1.82) is 0 Å². The maximum atomic E-state index is 13.6. The van der Waals surface area contributed by atoms with Crippen LogP contribution in [0, 0.1) is 0 Å². The average molecular weight is 1370 g/mol. The first-order valence-electron chi connectivity index (χ1n) is 29.8. The van der Waals surface area contributed by atoms with Crippen LogP contribution in [0.1, 0.15) is 27.7 Å². The minimum Gasteiger partial charge on any atom is -0.394 e. The lowest BCUT2D eigenvalue weighted by atomic mass is 9.73. The number of hydrogen-bond acceptors (Lipinski definition) is 39. The summed E-state index contributed by atoms with van der Waals surface area (Å²) in [7, 11) is 0. The van der Waals surface area contributed by atoms with Crippen molar-refractivity contribution in [1.82, 2.24) is 10.6 Å². The van der Waals surface area contributed by atoms with Crippen LogP contribution in [0.3, 0.4) is 0 Å². The monoisotopic (exact) mass is 1360 g/mol. The van der Waals surface area contributed by atoms with E-state index < -0.39 is 296 Å². The zero-order chi connectivity index (χ0) is 68.7. The highest BCUT2D eigenvalue weighted by Crippen LogP contribution is 2.44. The number of amides is 2. The maximum absolute atomic E-state index is 13.6. The van der Waals surface area contributed by atoms with Gasteiger partial charge in [0, 0.05) is 13.8 Å². The summed E-state index contributed by atoms with van der Waals surface area (Å²) in [6, 6.07) is -4.18. The maximum Gasteiger partial charge on any atom is 0.217 e. The number of nitrogens with one attached hydrogen (secondary N) is 2. The van der Waals surface area contributed by atoms with Crippen molar-refractivity contribution in [2.24, 2.45) is 0 Å². The van der Waals surface area contributed by atoms with Crippen molar-refractivity contribution in [3.8, 4) is 0 Å². The molecule has 25 N–H and O–H groups in total.